The van der Waals surface area contributed by atoms with Crippen LogP contribution in [0.4, 0.5) is 5.82 Å². The van der Waals surface area contributed by atoms with Crippen molar-refractivity contribution >= 4 is 21.7 Å². The minimum absolute atomic E-state index is 0.580. The molecule has 1 unspecified atom stereocenters. The van der Waals surface area contributed by atoms with Crippen LogP contribution in [-0.2, 0) is 0 Å². The standard InChI is InChI=1S/C14H22BrN3/c1-11-8-14(17-10-13(11)15)16-9-12(2)18-6-4-3-5-7-18/h8,10,12H,3-7,9H2,1-2H3,(H,16,17). The van der Waals surface area contributed by atoms with Crippen molar-refractivity contribution in [2.75, 3.05) is 25.0 Å². The SMILES string of the molecule is Cc1cc(NCC(C)N2CCCCC2)ncc1Br. The maximum Gasteiger partial charge on any atom is 0.126 e. The monoisotopic (exact) mass is 311 g/mol. The Balaban J connectivity index is 1.84. The van der Waals surface area contributed by atoms with Gasteiger partial charge in [-0.25, -0.2) is 4.98 Å². The Morgan fingerprint density at radius 1 is 1.39 bits per heavy atom. The summed E-state index contributed by atoms with van der Waals surface area (Å²) in [6, 6.07) is 2.67. The van der Waals surface area contributed by atoms with Crippen LogP contribution in [0.15, 0.2) is 16.7 Å². The van der Waals surface area contributed by atoms with E-state index in [1.54, 1.807) is 0 Å². The van der Waals surface area contributed by atoms with Gasteiger partial charge in [-0.05, 0) is 67.3 Å². The van der Waals surface area contributed by atoms with Crippen LogP contribution < -0.4 is 5.32 Å². The summed E-state index contributed by atoms with van der Waals surface area (Å²) in [6.07, 6.45) is 5.95. The van der Waals surface area contributed by atoms with E-state index < -0.39 is 0 Å². The van der Waals surface area contributed by atoms with E-state index >= 15 is 0 Å². The van der Waals surface area contributed by atoms with E-state index in [-0.39, 0.29) is 0 Å². The minimum atomic E-state index is 0.580. The number of aryl methyl sites for hydroxylation is 1. The van der Waals surface area contributed by atoms with Crippen molar-refractivity contribution in [1.29, 1.82) is 0 Å². The Morgan fingerprint density at radius 3 is 2.78 bits per heavy atom. The first-order valence-electron chi connectivity index (χ1n) is 6.77. The molecule has 1 fully saturated rings. The molecule has 100 valence electrons. The van der Waals surface area contributed by atoms with E-state index in [1.165, 1.54) is 37.9 Å². The van der Waals surface area contributed by atoms with Crippen molar-refractivity contribution in [2.45, 2.75) is 39.2 Å². The van der Waals surface area contributed by atoms with E-state index in [1.807, 2.05) is 6.20 Å². The van der Waals surface area contributed by atoms with E-state index in [0.29, 0.717) is 6.04 Å². The highest BCUT2D eigenvalue weighted by Crippen LogP contribution is 2.18. The molecule has 1 saturated heterocycles. The fourth-order valence-electron chi connectivity index (χ4n) is 2.38. The average Bonchev–Trinajstić information content (AvgIpc) is 2.41. The van der Waals surface area contributed by atoms with Crippen LogP contribution in [0.2, 0.25) is 0 Å². The zero-order chi connectivity index (χ0) is 13.0. The number of halogens is 1. The molecule has 2 heterocycles. The van der Waals surface area contributed by atoms with Crippen molar-refractivity contribution in [3.63, 3.8) is 0 Å². The molecule has 3 nitrogen and oxygen atoms in total. The summed E-state index contributed by atoms with van der Waals surface area (Å²) in [5, 5.41) is 3.44. The van der Waals surface area contributed by atoms with Gasteiger partial charge in [-0.2, -0.15) is 0 Å². The minimum Gasteiger partial charge on any atom is -0.369 e. The molecule has 1 aromatic heterocycles. The summed E-state index contributed by atoms with van der Waals surface area (Å²) in [7, 11) is 0. The molecule has 1 N–H and O–H groups in total. The number of anilines is 1. The van der Waals surface area contributed by atoms with Crippen LogP contribution in [-0.4, -0.2) is 35.6 Å². The zero-order valence-electron chi connectivity index (χ0n) is 11.2. The lowest BCUT2D eigenvalue weighted by atomic mass is 10.1. The second-order valence-corrected chi connectivity index (χ2v) is 6.00. The summed E-state index contributed by atoms with van der Waals surface area (Å²) < 4.78 is 1.07. The molecule has 0 radical (unpaired) electrons. The summed E-state index contributed by atoms with van der Waals surface area (Å²) in [5.74, 6) is 0.972. The third kappa shape index (κ3) is 3.69. The summed E-state index contributed by atoms with van der Waals surface area (Å²) in [5.41, 5.74) is 1.22. The Hall–Kier alpha value is -0.610. The molecule has 0 bridgehead atoms. The highest BCUT2D eigenvalue weighted by molar-refractivity contribution is 9.10. The van der Waals surface area contributed by atoms with Crippen molar-refractivity contribution in [1.82, 2.24) is 9.88 Å². The van der Waals surface area contributed by atoms with Crippen molar-refractivity contribution in [3.05, 3.63) is 22.3 Å². The van der Waals surface area contributed by atoms with E-state index in [9.17, 15) is 0 Å². The number of nitrogens with one attached hydrogen (secondary N) is 1. The molecule has 1 atom stereocenters. The van der Waals surface area contributed by atoms with Crippen molar-refractivity contribution in [3.8, 4) is 0 Å². The fourth-order valence-corrected chi connectivity index (χ4v) is 2.59. The topological polar surface area (TPSA) is 28.2 Å². The van der Waals surface area contributed by atoms with Gasteiger partial charge in [0.1, 0.15) is 5.82 Å². The predicted octanol–water partition coefficient (Wildman–Crippen LogP) is 3.44. The van der Waals surface area contributed by atoms with Gasteiger partial charge >= 0.3 is 0 Å². The largest absolute Gasteiger partial charge is 0.369 e. The van der Waals surface area contributed by atoms with Crippen LogP contribution in [0, 0.1) is 6.92 Å². The summed E-state index contributed by atoms with van der Waals surface area (Å²) >= 11 is 3.47. The number of piperidine rings is 1. The molecule has 0 spiro atoms. The van der Waals surface area contributed by atoms with Gasteiger partial charge in [0, 0.05) is 23.3 Å². The van der Waals surface area contributed by atoms with Gasteiger partial charge in [0.05, 0.1) is 0 Å². The van der Waals surface area contributed by atoms with Crippen molar-refractivity contribution < 1.29 is 0 Å². The van der Waals surface area contributed by atoms with Gasteiger partial charge in [0.25, 0.3) is 0 Å². The first-order chi connectivity index (χ1) is 8.66. The Bertz CT molecular complexity index is 389. The lowest BCUT2D eigenvalue weighted by Gasteiger charge is -2.32. The molecular weight excluding hydrogens is 290 g/mol. The number of hydrogen-bond donors (Lipinski definition) is 1. The zero-order valence-corrected chi connectivity index (χ0v) is 12.8. The maximum absolute atomic E-state index is 4.38. The number of pyridine rings is 1. The molecule has 0 aliphatic carbocycles. The second-order valence-electron chi connectivity index (χ2n) is 5.15. The molecule has 1 aromatic rings. The highest BCUT2D eigenvalue weighted by atomic mass is 79.9. The molecule has 4 heteroatoms. The summed E-state index contributed by atoms with van der Waals surface area (Å²) in [4.78, 5) is 6.95. The molecule has 0 aromatic carbocycles. The summed E-state index contributed by atoms with van der Waals surface area (Å²) in [6.45, 7) is 7.84. The quantitative estimate of drug-likeness (QED) is 0.923. The second kappa shape index (κ2) is 6.53. The van der Waals surface area contributed by atoms with Crippen LogP contribution in [0.5, 0.6) is 0 Å². The Labute approximate surface area is 118 Å². The van der Waals surface area contributed by atoms with E-state index in [2.05, 4.69) is 51.0 Å². The van der Waals surface area contributed by atoms with Gasteiger partial charge in [0.2, 0.25) is 0 Å². The van der Waals surface area contributed by atoms with Gasteiger partial charge in [-0.3, -0.25) is 4.90 Å². The average molecular weight is 312 g/mol. The van der Waals surface area contributed by atoms with Crippen LogP contribution in [0.25, 0.3) is 0 Å². The molecule has 0 saturated carbocycles. The van der Waals surface area contributed by atoms with E-state index in [0.717, 1.165) is 16.8 Å². The molecule has 0 amide bonds. The number of aromatic nitrogens is 1. The van der Waals surface area contributed by atoms with Crippen molar-refractivity contribution in [2.24, 2.45) is 0 Å². The van der Waals surface area contributed by atoms with Gasteiger partial charge in [-0.1, -0.05) is 6.42 Å². The lowest BCUT2D eigenvalue weighted by molar-refractivity contribution is 0.180. The van der Waals surface area contributed by atoms with Gasteiger partial charge < -0.3 is 5.32 Å². The smallest absolute Gasteiger partial charge is 0.126 e. The molecule has 1 aliphatic heterocycles. The lowest BCUT2D eigenvalue weighted by Crippen LogP contribution is -2.41. The van der Waals surface area contributed by atoms with Gasteiger partial charge in [-0.15, -0.1) is 0 Å². The predicted molar refractivity (Wildman–Crippen MR) is 80.0 cm³/mol. The normalized spacial score (nSPS) is 18.6. The van der Waals surface area contributed by atoms with Gasteiger partial charge in [0.15, 0.2) is 0 Å². The number of hydrogen-bond acceptors (Lipinski definition) is 3. The molecule has 1 aliphatic rings. The van der Waals surface area contributed by atoms with E-state index in [4.69, 9.17) is 0 Å². The van der Waals surface area contributed by atoms with Crippen LogP contribution >= 0.6 is 15.9 Å². The van der Waals surface area contributed by atoms with Crippen LogP contribution in [0.1, 0.15) is 31.7 Å². The third-order valence-electron chi connectivity index (χ3n) is 3.64. The Morgan fingerprint density at radius 2 is 2.11 bits per heavy atom. The first-order valence-corrected chi connectivity index (χ1v) is 7.56. The molecule has 18 heavy (non-hydrogen) atoms. The third-order valence-corrected chi connectivity index (χ3v) is 4.47. The number of nitrogens with zero attached hydrogens (tertiary/aromatic N) is 2. The molecular formula is C14H22BrN3. The Kier molecular flexibility index (Phi) is 5.01. The fraction of sp³-hybridized carbons (Fsp3) is 0.643. The highest BCUT2D eigenvalue weighted by Gasteiger charge is 2.16. The number of likely N-dealkylation sites (tertiary alicyclic amines) is 1. The number of rotatable bonds is 4. The maximum atomic E-state index is 4.38. The van der Waals surface area contributed by atoms with Crippen LogP contribution in [0.3, 0.4) is 0 Å². The first kappa shape index (κ1) is 13.8. The molecule has 2 rings (SSSR count).